The summed E-state index contributed by atoms with van der Waals surface area (Å²) in [4.78, 5) is 26.8. The Hall–Kier alpha value is -2.31. The number of non-ortho nitro benzene ring substituents is 1. The lowest BCUT2D eigenvalue weighted by atomic mass is 9.85. The molecule has 2 aliphatic rings. The number of hydrogen-bond acceptors (Lipinski definition) is 5. The van der Waals surface area contributed by atoms with Gasteiger partial charge in [0.15, 0.2) is 0 Å². The number of nitro groups is 1. The fourth-order valence-electron chi connectivity index (χ4n) is 4.47. The predicted molar refractivity (Wildman–Crippen MR) is 118 cm³/mol. The second-order valence-electron chi connectivity index (χ2n) is 9.69. The van der Waals surface area contributed by atoms with Gasteiger partial charge in [0.1, 0.15) is 5.60 Å². The first-order valence-corrected chi connectivity index (χ1v) is 11.2. The second kappa shape index (κ2) is 9.67. The van der Waals surface area contributed by atoms with Crippen LogP contribution in [0.3, 0.4) is 0 Å². The van der Waals surface area contributed by atoms with E-state index < -0.39 is 5.60 Å². The number of amides is 1. The molecule has 0 N–H and O–H groups in total. The van der Waals surface area contributed by atoms with Crippen molar-refractivity contribution in [2.75, 3.05) is 31.1 Å². The fraction of sp³-hybridized carbons (Fsp3) is 0.696. The summed E-state index contributed by atoms with van der Waals surface area (Å²) in [6.45, 7) is 9.36. The molecule has 0 bridgehead atoms. The molecular formula is C23H35N3O4. The maximum absolute atomic E-state index is 12.2. The Morgan fingerprint density at radius 3 is 1.97 bits per heavy atom. The molecule has 2 fully saturated rings. The molecule has 2 aliphatic heterocycles. The van der Waals surface area contributed by atoms with E-state index >= 15 is 0 Å². The average molecular weight is 418 g/mol. The van der Waals surface area contributed by atoms with Gasteiger partial charge in [-0.05, 0) is 70.4 Å². The molecule has 0 aromatic heterocycles. The second-order valence-corrected chi connectivity index (χ2v) is 9.69. The van der Waals surface area contributed by atoms with Crippen LogP contribution >= 0.6 is 0 Å². The van der Waals surface area contributed by atoms with E-state index in [9.17, 15) is 14.9 Å². The summed E-state index contributed by atoms with van der Waals surface area (Å²) in [6.07, 6.45) is 6.80. The highest BCUT2D eigenvalue weighted by Crippen LogP contribution is 2.31. The van der Waals surface area contributed by atoms with Gasteiger partial charge in [0.2, 0.25) is 0 Å². The van der Waals surface area contributed by atoms with E-state index in [0.717, 1.165) is 50.6 Å². The van der Waals surface area contributed by atoms with Gasteiger partial charge in [-0.25, -0.2) is 4.79 Å². The first kappa shape index (κ1) is 22.4. The third kappa shape index (κ3) is 6.34. The summed E-state index contributed by atoms with van der Waals surface area (Å²) in [5, 5.41) is 10.8. The van der Waals surface area contributed by atoms with E-state index in [1.54, 1.807) is 12.1 Å². The predicted octanol–water partition coefficient (Wildman–Crippen LogP) is 5.24. The zero-order valence-electron chi connectivity index (χ0n) is 18.5. The van der Waals surface area contributed by atoms with Crippen molar-refractivity contribution in [1.82, 2.24) is 4.90 Å². The van der Waals surface area contributed by atoms with Crippen molar-refractivity contribution in [2.45, 2.75) is 64.9 Å². The lowest BCUT2D eigenvalue weighted by Crippen LogP contribution is -2.41. The largest absolute Gasteiger partial charge is 0.444 e. The molecule has 0 atom stereocenters. The van der Waals surface area contributed by atoms with Crippen LogP contribution in [0.1, 0.15) is 59.3 Å². The van der Waals surface area contributed by atoms with E-state index in [1.165, 1.54) is 25.7 Å². The van der Waals surface area contributed by atoms with E-state index in [-0.39, 0.29) is 16.7 Å². The summed E-state index contributed by atoms with van der Waals surface area (Å²) >= 11 is 0. The number of nitrogens with zero attached hydrogens (tertiary/aromatic N) is 3. The van der Waals surface area contributed by atoms with E-state index in [0.29, 0.717) is 5.92 Å². The van der Waals surface area contributed by atoms with Crippen molar-refractivity contribution in [2.24, 2.45) is 11.8 Å². The van der Waals surface area contributed by atoms with Gasteiger partial charge < -0.3 is 14.5 Å². The van der Waals surface area contributed by atoms with Crippen LogP contribution in [0.2, 0.25) is 0 Å². The molecular weight excluding hydrogens is 382 g/mol. The number of likely N-dealkylation sites (tertiary alicyclic amines) is 1. The van der Waals surface area contributed by atoms with Crippen molar-refractivity contribution in [1.29, 1.82) is 0 Å². The van der Waals surface area contributed by atoms with Crippen LogP contribution in [0, 0.1) is 22.0 Å². The van der Waals surface area contributed by atoms with Gasteiger partial charge in [0, 0.05) is 44.0 Å². The van der Waals surface area contributed by atoms with Crippen LogP contribution < -0.4 is 4.90 Å². The molecule has 7 nitrogen and oxygen atoms in total. The fourth-order valence-corrected chi connectivity index (χ4v) is 4.47. The van der Waals surface area contributed by atoms with Gasteiger partial charge >= 0.3 is 6.09 Å². The van der Waals surface area contributed by atoms with Crippen LogP contribution in [0.5, 0.6) is 0 Å². The molecule has 0 aliphatic carbocycles. The van der Waals surface area contributed by atoms with Crippen molar-refractivity contribution >= 4 is 17.5 Å². The van der Waals surface area contributed by atoms with Crippen LogP contribution in [0.15, 0.2) is 24.3 Å². The Bertz CT molecular complexity index is 713. The molecule has 3 rings (SSSR count). The Morgan fingerprint density at radius 2 is 1.50 bits per heavy atom. The molecule has 166 valence electrons. The van der Waals surface area contributed by atoms with Gasteiger partial charge in [0.05, 0.1) is 4.92 Å². The number of anilines is 1. The smallest absolute Gasteiger partial charge is 0.410 e. The summed E-state index contributed by atoms with van der Waals surface area (Å²) < 4.78 is 5.48. The van der Waals surface area contributed by atoms with Crippen molar-refractivity contribution in [3.8, 4) is 0 Å². The molecule has 1 aromatic carbocycles. The van der Waals surface area contributed by atoms with Crippen LogP contribution in [0.25, 0.3) is 0 Å². The van der Waals surface area contributed by atoms with Crippen LogP contribution in [0.4, 0.5) is 16.2 Å². The molecule has 0 unspecified atom stereocenters. The Kier molecular flexibility index (Phi) is 7.21. The van der Waals surface area contributed by atoms with Gasteiger partial charge in [-0.3, -0.25) is 10.1 Å². The minimum atomic E-state index is -0.433. The zero-order valence-corrected chi connectivity index (χ0v) is 18.5. The highest BCUT2D eigenvalue weighted by atomic mass is 16.6. The summed E-state index contributed by atoms with van der Waals surface area (Å²) in [7, 11) is 0. The Morgan fingerprint density at radius 1 is 1.00 bits per heavy atom. The minimum absolute atomic E-state index is 0.145. The van der Waals surface area contributed by atoms with Crippen LogP contribution in [-0.4, -0.2) is 47.7 Å². The van der Waals surface area contributed by atoms with Gasteiger partial charge in [-0.2, -0.15) is 0 Å². The molecule has 0 radical (unpaired) electrons. The highest BCUT2D eigenvalue weighted by Gasteiger charge is 2.28. The number of rotatable bonds is 5. The number of benzene rings is 1. The molecule has 30 heavy (non-hydrogen) atoms. The minimum Gasteiger partial charge on any atom is -0.444 e. The van der Waals surface area contributed by atoms with E-state index in [2.05, 4.69) is 4.90 Å². The molecule has 0 saturated carbocycles. The Labute approximate surface area is 179 Å². The monoisotopic (exact) mass is 417 g/mol. The van der Waals surface area contributed by atoms with Gasteiger partial charge in [0.25, 0.3) is 5.69 Å². The molecule has 2 saturated heterocycles. The lowest BCUT2D eigenvalue weighted by Gasteiger charge is -2.36. The van der Waals surface area contributed by atoms with Gasteiger partial charge in [-0.15, -0.1) is 0 Å². The van der Waals surface area contributed by atoms with Crippen molar-refractivity contribution in [3.05, 3.63) is 34.4 Å². The normalized spacial score (nSPS) is 19.0. The number of carbonyl (C=O) groups excluding carboxylic acids is 1. The SMILES string of the molecule is CC(C)(C)OC(=O)N1CCC(CCC2CCN(c3ccc([N+](=O)[O-])cc3)CC2)CC1. The van der Waals surface area contributed by atoms with Crippen molar-refractivity contribution < 1.29 is 14.5 Å². The van der Waals surface area contributed by atoms with E-state index in [4.69, 9.17) is 4.74 Å². The van der Waals surface area contributed by atoms with E-state index in [1.807, 2.05) is 37.8 Å². The van der Waals surface area contributed by atoms with Crippen molar-refractivity contribution in [3.63, 3.8) is 0 Å². The number of carbonyl (C=O) groups is 1. The number of ether oxygens (including phenoxy) is 1. The third-order valence-electron chi connectivity index (χ3n) is 6.29. The van der Waals surface area contributed by atoms with Gasteiger partial charge in [-0.1, -0.05) is 12.8 Å². The molecule has 2 heterocycles. The lowest BCUT2D eigenvalue weighted by molar-refractivity contribution is -0.384. The average Bonchev–Trinajstić information content (AvgIpc) is 2.72. The standard InChI is InChI=1S/C23H35N3O4/c1-23(2,3)30-22(27)25-16-12-19(13-17-25)5-4-18-10-14-24(15-11-18)20-6-8-21(9-7-20)26(28)29/h6-9,18-19H,4-5,10-17H2,1-3H3. The summed E-state index contributed by atoms with van der Waals surface area (Å²) in [5.74, 6) is 1.46. The first-order chi connectivity index (χ1) is 14.2. The van der Waals surface area contributed by atoms with Crippen LogP contribution in [-0.2, 0) is 4.74 Å². The third-order valence-corrected chi connectivity index (χ3v) is 6.29. The molecule has 1 aromatic rings. The Balaban J connectivity index is 1.35. The number of hydrogen-bond donors (Lipinski definition) is 0. The quantitative estimate of drug-likeness (QED) is 0.484. The molecule has 1 amide bonds. The highest BCUT2D eigenvalue weighted by molar-refractivity contribution is 5.68. The first-order valence-electron chi connectivity index (χ1n) is 11.2. The number of nitro benzene ring substituents is 1. The number of piperidine rings is 2. The summed E-state index contributed by atoms with van der Waals surface area (Å²) in [6, 6.07) is 6.89. The molecule has 7 heteroatoms. The topological polar surface area (TPSA) is 75.9 Å². The summed E-state index contributed by atoms with van der Waals surface area (Å²) in [5.41, 5.74) is 0.789. The zero-order chi connectivity index (χ0) is 21.7. The maximum atomic E-state index is 12.2. The molecule has 0 spiro atoms. The maximum Gasteiger partial charge on any atom is 0.410 e.